The van der Waals surface area contributed by atoms with Gasteiger partial charge in [-0.05, 0) is 57.0 Å². The van der Waals surface area contributed by atoms with Crippen LogP contribution in [0, 0.1) is 20.8 Å². The summed E-state index contributed by atoms with van der Waals surface area (Å²) in [6.45, 7) is 7.78. The second-order valence-electron chi connectivity index (χ2n) is 5.02. The molecule has 0 aliphatic carbocycles. The molecule has 20 heavy (non-hydrogen) atoms. The molecular formula is C16H20N2O2. The zero-order chi connectivity index (χ0) is 14.7. The largest absolute Gasteiger partial charge is 0.464 e. The number of anilines is 1. The van der Waals surface area contributed by atoms with E-state index in [0.29, 0.717) is 0 Å². The summed E-state index contributed by atoms with van der Waals surface area (Å²) in [4.78, 5) is 12.0. The van der Waals surface area contributed by atoms with Gasteiger partial charge in [0.1, 0.15) is 11.5 Å². The van der Waals surface area contributed by atoms with Crippen LogP contribution >= 0.6 is 0 Å². The predicted octanol–water partition coefficient (Wildman–Crippen LogP) is 4.09. The van der Waals surface area contributed by atoms with Crippen molar-refractivity contribution in [2.24, 2.45) is 0 Å². The van der Waals surface area contributed by atoms with Crippen LogP contribution in [-0.4, -0.2) is 6.03 Å². The molecule has 0 saturated heterocycles. The third-order valence-electron chi connectivity index (χ3n) is 3.39. The van der Waals surface area contributed by atoms with Crippen molar-refractivity contribution in [3.8, 4) is 0 Å². The first-order valence-electron chi connectivity index (χ1n) is 6.67. The van der Waals surface area contributed by atoms with Crippen molar-refractivity contribution in [2.45, 2.75) is 33.7 Å². The Morgan fingerprint density at radius 3 is 2.55 bits per heavy atom. The highest BCUT2D eigenvalue weighted by molar-refractivity contribution is 5.90. The van der Waals surface area contributed by atoms with Gasteiger partial charge in [0.05, 0.1) is 6.04 Å². The summed E-state index contributed by atoms with van der Waals surface area (Å²) in [5, 5.41) is 5.73. The number of carbonyl (C=O) groups excluding carboxylic acids is 1. The molecule has 0 aliphatic rings. The fraction of sp³-hybridized carbons (Fsp3) is 0.312. The minimum atomic E-state index is -0.236. The van der Waals surface area contributed by atoms with Gasteiger partial charge in [-0.25, -0.2) is 4.79 Å². The van der Waals surface area contributed by atoms with Gasteiger partial charge in [-0.2, -0.15) is 0 Å². The number of urea groups is 1. The Morgan fingerprint density at radius 2 is 1.90 bits per heavy atom. The SMILES string of the molecule is Cc1ccc([C@@H](C)NC(=O)Nc2cccc(C)c2C)o1. The van der Waals surface area contributed by atoms with E-state index in [4.69, 9.17) is 4.42 Å². The summed E-state index contributed by atoms with van der Waals surface area (Å²) in [5.74, 6) is 1.59. The lowest BCUT2D eigenvalue weighted by atomic mass is 10.1. The van der Waals surface area contributed by atoms with Gasteiger partial charge in [0.15, 0.2) is 0 Å². The lowest BCUT2D eigenvalue weighted by molar-refractivity contribution is 0.247. The molecule has 0 spiro atoms. The topological polar surface area (TPSA) is 54.3 Å². The van der Waals surface area contributed by atoms with Crippen molar-refractivity contribution in [3.05, 3.63) is 53.0 Å². The maximum Gasteiger partial charge on any atom is 0.319 e. The molecule has 2 aromatic rings. The molecule has 1 aromatic carbocycles. The number of amides is 2. The van der Waals surface area contributed by atoms with Crippen LogP contribution in [0.3, 0.4) is 0 Å². The first-order chi connectivity index (χ1) is 9.47. The van der Waals surface area contributed by atoms with E-state index in [1.165, 1.54) is 0 Å². The summed E-state index contributed by atoms with van der Waals surface area (Å²) >= 11 is 0. The van der Waals surface area contributed by atoms with Crippen molar-refractivity contribution < 1.29 is 9.21 Å². The Bertz CT molecular complexity index is 617. The van der Waals surface area contributed by atoms with E-state index in [-0.39, 0.29) is 12.1 Å². The first-order valence-corrected chi connectivity index (χ1v) is 6.67. The quantitative estimate of drug-likeness (QED) is 0.884. The molecule has 1 atom stereocenters. The molecule has 2 N–H and O–H groups in total. The smallest absolute Gasteiger partial charge is 0.319 e. The Balaban J connectivity index is 2.00. The molecule has 2 rings (SSSR count). The minimum absolute atomic E-state index is 0.172. The van der Waals surface area contributed by atoms with E-state index >= 15 is 0 Å². The van der Waals surface area contributed by atoms with E-state index in [0.717, 1.165) is 28.3 Å². The van der Waals surface area contributed by atoms with Crippen LogP contribution in [0.5, 0.6) is 0 Å². The van der Waals surface area contributed by atoms with E-state index in [1.54, 1.807) is 0 Å². The lowest BCUT2D eigenvalue weighted by Gasteiger charge is -2.14. The number of furan rings is 1. The summed E-state index contributed by atoms with van der Waals surface area (Å²) in [6, 6.07) is 9.19. The Hall–Kier alpha value is -2.23. The van der Waals surface area contributed by atoms with Crippen molar-refractivity contribution >= 4 is 11.7 Å². The fourth-order valence-electron chi connectivity index (χ4n) is 2.00. The third-order valence-corrected chi connectivity index (χ3v) is 3.39. The number of aryl methyl sites for hydroxylation is 2. The molecule has 0 bridgehead atoms. The minimum Gasteiger partial charge on any atom is -0.464 e. The van der Waals surface area contributed by atoms with Gasteiger partial charge in [0, 0.05) is 5.69 Å². The van der Waals surface area contributed by atoms with Crippen LogP contribution in [0.4, 0.5) is 10.5 Å². The predicted molar refractivity (Wildman–Crippen MR) is 79.9 cm³/mol. The molecule has 0 radical (unpaired) electrons. The highest BCUT2D eigenvalue weighted by Gasteiger charge is 2.13. The molecule has 1 aromatic heterocycles. The normalized spacial score (nSPS) is 12.0. The fourth-order valence-corrected chi connectivity index (χ4v) is 2.00. The average Bonchev–Trinajstić information content (AvgIpc) is 2.82. The molecule has 4 nitrogen and oxygen atoms in total. The van der Waals surface area contributed by atoms with Crippen LogP contribution in [0.2, 0.25) is 0 Å². The van der Waals surface area contributed by atoms with E-state index in [1.807, 2.05) is 58.0 Å². The molecule has 0 fully saturated rings. The maximum atomic E-state index is 12.0. The van der Waals surface area contributed by atoms with Crippen molar-refractivity contribution in [1.82, 2.24) is 5.32 Å². The summed E-state index contributed by atoms with van der Waals surface area (Å²) in [5.41, 5.74) is 3.05. The van der Waals surface area contributed by atoms with Gasteiger partial charge in [0.2, 0.25) is 0 Å². The first kappa shape index (κ1) is 14.2. The molecular weight excluding hydrogens is 252 g/mol. The molecule has 1 heterocycles. The molecule has 4 heteroatoms. The van der Waals surface area contributed by atoms with Crippen LogP contribution < -0.4 is 10.6 Å². The molecule has 106 valence electrons. The van der Waals surface area contributed by atoms with E-state index in [2.05, 4.69) is 10.6 Å². The van der Waals surface area contributed by atoms with Gasteiger partial charge in [0.25, 0.3) is 0 Å². The number of carbonyl (C=O) groups is 1. The summed E-state index contributed by atoms with van der Waals surface area (Å²) in [7, 11) is 0. The van der Waals surface area contributed by atoms with Crippen LogP contribution in [-0.2, 0) is 0 Å². The highest BCUT2D eigenvalue weighted by Crippen LogP contribution is 2.19. The zero-order valence-electron chi connectivity index (χ0n) is 12.3. The molecule has 2 amide bonds. The zero-order valence-corrected chi connectivity index (χ0v) is 12.3. The Kier molecular flexibility index (Phi) is 4.13. The highest BCUT2D eigenvalue weighted by atomic mass is 16.3. The Morgan fingerprint density at radius 1 is 1.15 bits per heavy atom. The van der Waals surface area contributed by atoms with E-state index < -0.39 is 0 Å². The van der Waals surface area contributed by atoms with Crippen LogP contribution in [0.25, 0.3) is 0 Å². The average molecular weight is 272 g/mol. The lowest BCUT2D eigenvalue weighted by Crippen LogP contribution is -2.31. The van der Waals surface area contributed by atoms with Gasteiger partial charge in [-0.1, -0.05) is 12.1 Å². The summed E-state index contributed by atoms with van der Waals surface area (Å²) in [6.07, 6.45) is 0. The maximum absolute atomic E-state index is 12.0. The number of hydrogen-bond donors (Lipinski definition) is 2. The van der Waals surface area contributed by atoms with Gasteiger partial charge in [-0.15, -0.1) is 0 Å². The summed E-state index contributed by atoms with van der Waals surface area (Å²) < 4.78 is 5.50. The van der Waals surface area contributed by atoms with Crippen molar-refractivity contribution in [1.29, 1.82) is 0 Å². The number of hydrogen-bond acceptors (Lipinski definition) is 2. The Labute approximate surface area is 119 Å². The van der Waals surface area contributed by atoms with E-state index in [9.17, 15) is 4.79 Å². The van der Waals surface area contributed by atoms with Gasteiger partial charge >= 0.3 is 6.03 Å². The van der Waals surface area contributed by atoms with Crippen molar-refractivity contribution in [2.75, 3.05) is 5.32 Å². The number of benzene rings is 1. The monoisotopic (exact) mass is 272 g/mol. The second-order valence-corrected chi connectivity index (χ2v) is 5.02. The third kappa shape index (κ3) is 3.20. The van der Waals surface area contributed by atoms with Gasteiger partial charge in [-0.3, -0.25) is 0 Å². The second kappa shape index (κ2) is 5.82. The molecule has 0 saturated carbocycles. The molecule has 0 unspecified atom stereocenters. The number of rotatable bonds is 3. The van der Waals surface area contributed by atoms with Crippen LogP contribution in [0.15, 0.2) is 34.7 Å². The standard InChI is InChI=1S/C16H20N2O2/c1-10-6-5-7-14(12(10)3)18-16(19)17-13(4)15-9-8-11(2)20-15/h5-9,13H,1-4H3,(H2,17,18,19)/t13-/m1/s1. The molecule has 0 aliphatic heterocycles. The van der Waals surface area contributed by atoms with Crippen LogP contribution in [0.1, 0.15) is 35.6 Å². The number of nitrogens with one attached hydrogen (secondary N) is 2. The van der Waals surface area contributed by atoms with Crippen molar-refractivity contribution in [3.63, 3.8) is 0 Å². The van der Waals surface area contributed by atoms with Gasteiger partial charge < -0.3 is 15.1 Å².